The van der Waals surface area contributed by atoms with Crippen LogP contribution in [0.4, 0.5) is 0 Å². The lowest BCUT2D eigenvalue weighted by Crippen LogP contribution is -2.23. The third kappa shape index (κ3) is 3.98. The molecule has 0 saturated carbocycles. The van der Waals surface area contributed by atoms with Crippen LogP contribution in [0, 0.1) is 0 Å². The molecule has 0 fully saturated rings. The fourth-order valence-electron chi connectivity index (χ4n) is 4.10. The summed E-state index contributed by atoms with van der Waals surface area (Å²) in [4.78, 5) is 13.8. The number of benzene rings is 2. The van der Waals surface area contributed by atoms with Gasteiger partial charge in [-0.2, -0.15) is 0 Å². The summed E-state index contributed by atoms with van der Waals surface area (Å²) in [5, 5.41) is 31.5. The van der Waals surface area contributed by atoms with E-state index in [-0.39, 0.29) is 45.3 Å². The molecule has 2 aromatic carbocycles. The first-order valence-corrected chi connectivity index (χ1v) is 11.0. The van der Waals surface area contributed by atoms with Gasteiger partial charge in [0.05, 0.1) is 18.2 Å². The molecule has 1 atom stereocenters. The number of fused-ring (bicyclic) bond motifs is 4. The van der Waals surface area contributed by atoms with Crippen molar-refractivity contribution in [2.45, 2.75) is 46.6 Å². The Morgan fingerprint density at radius 1 is 1.00 bits per heavy atom. The quantitative estimate of drug-likeness (QED) is 0.404. The van der Waals surface area contributed by atoms with E-state index < -0.39 is 11.5 Å². The first kappa shape index (κ1) is 23.3. The van der Waals surface area contributed by atoms with E-state index in [2.05, 4.69) is 0 Å². The largest absolute Gasteiger partial charge is 0.507 e. The minimum atomic E-state index is -0.694. The van der Waals surface area contributed by atoms with Crippen molar-refractivity contribution in [3.05, 3.63) is 62.8 Å². The van der Waals surface area contributed by atoms with Crippen molar-refractivity contribution in [2.75, 3.05) is 7.11 Å². The lowest BCUT2D eigenvalue weighted by atomic mass is 9.93. The monoisotopic (exact) mass is 464 g/mol. The van der Waals surface area contributed by atoms with Gasteiger partial charge in [0.15, 0.2) is 11.5 Å². The number of allylic oxidation sites excluding steroid dienone is 3. The highest BCUT2D eigenvalue weighted by Crippen LogP contribution is 2.49. The van der Waals surface area contributed by atoms with Crippen LogP contribution in [0.25, 0.3) is 22.3 Å². The van der Waals surface area contributed by atoms with Gasteiger partial charge in [-0.3, -0.25) is 4.79 Å². The number of phenols is 3. The number of methoxy groups -OCH3 is 1. The maximum Gasteiger partial charge on any atom is 0.204 e. The SMILES string of the molecule is COc1cc2c(cc1O)OC(CC=C(C)C)c1c-2oc2c(CC=C(C)C)c(O)cc(O)c2c1=O. The summed E-state index contributed by atoms with van der Waals surface area (Å²) >= 11 is 0. The number of hydrogen-bond donors (Lipinski definition) is 3. The highest BCUT2D eigenvalue weighted by molar-refractivity contribution is 5.91. The Morgan fingerprint density at radius 2 is 1.71 bits per heavy atom. The number of hydrogen-bond acceptors (Lipinski definition) is 7. The summed E-state index contributed by atoms with van der Waals surface area (Å²) in [6.07, 6.45) is 3.86. The van der Waals surface area contributed by atoms with E-state index in [4.69, 9.17) is 13.9 Å². The van der Waals surface area contributed by atoms with Crippen LogP contribution in [-0.2, 0) is 6.42 Å². The minimum Gasteiger partial charge on any atom is -0.507 e. The van der Waals surface area contributed by atoms with Gasteiger partial charge < -0.3 is 29.2 Å². The molecule has 3 aromatic rings. The average Bonchev–Trinajstić information content (AvgIpc) is 2.76. The van der Waals surface area contributed by atoms with Gasteiger partial charge in [0.2, 0.25) is 5.43 Å². The third-order valence-electron chi connectivity index (χ3n) is 5.83. The molecule has 0 aliphatic carbocycles. The Bertz CT molecular complexity index is 1400. The molecule has 0 spiro atoms. The molecule has 1 aliphatic heterocycles. The summed E-state index contributed by atoms with van der Waals surface area (Å²) in [7, 11) is 1.42. The van der Waals surface area contributed by atoms with E-state index in [0.29, 0.717) is 29.7 Å². The Morgan fingerprint density at radius 3 is 2.35 bits per heavy atom. The zero-order chi connectivity index (χ0) is 24.7. The predicted octanol–water partition coefficient (Wildman–Crippen LogP) is 5.88. The maximum atomic E-state index is 13.8. The fourth-order valence-corrected chi connectivity index (χ4v) is 4.10. The molecule has 34 heavy (non-hydrogen) atoms. The molecule has 7 heteroatoms. The van der Waals surface area contributed by atoms with Crippen molar-refractivity contribution in [2.24, 2.45) is 0 Å². The molecule has 0 radical (unpaired) electrons. The lowest BCUT2D eigenvalue weighted by Gasteiger charge is -2.28. The number of phenolic OH excluding ortho intramolecular Hbond substituents is 3. The summed E-state index contributed by atoms with van der Waals surface area (Å²) in [5.74, 6) is 0.168. The Kier molecular flexibility index (Phi) is 6.04. The van der Waals surface area contributed by atoms with Crippen LogP contribution >= 0.6 is 0 Å². The second-order valence-corrected chi connectivity index (χ2v) is 8.90. The molecule has 3 N–H and O–H groups in total. The molecular formula is C27H28O7. The molecule has 2 heterocycles. The van der Waals surface area contributed by atoms with Gasteiger partial charge in [-0.1, -0.05) is 23.3 Å². The predicted molar refractivity (Wildman–Crippen MR) is 130 cm³/mol. The normalized spacial score (nSPS) is 14.1. The highest BCUT2D eigenvalue weighted by Gasteiger charge is 2.34. The first-order valence-electron chi connectivity index (χ1n) is 11.0. The number of rotatable bonds is 5. The van der Waals surface area contributed by atoms with Gasteiger partial charge in [0.25, 0.3) is 0 Å². The molecule has 4 rings (SSSR count). The summed E-state index contributed by atoms with van der Waals surface area (Å²) in [5.41, 5.74) is 2.86. The second kappa shape index (κ2) is 8.82. The van der Waals surface area contributed by atoms with Crippen LogP contribution < -0.4 is 14.9 Å². The fraction of sp³-hybridized carbons (Fsp3) is 0.296. The van der Waals surface area contributed by atoms with Crippen LogP contribution in [0.15, 0.2) is 50.7 Å². The Balaban J connectivity index is 2.10. The summed E-state index contributed by atoms with van der Waals surface area (Å²) in [6.45, 7) is 7.75. The van der Waals surface area contributed by atoms with E-state index >= 15 is 0 Å². The Hall–Kier alpha value is -3.87. The molecule has 0 bridgehead atoms. The zero-order valence-electron chi connectivity index (χ0n) is 19.9. The molecule has 7 nitrogen and oxygen atoms in total. The van der Waals surface area contributed by atoms with Crippen molar-refractivity contribution in [3.63, 3.8) is 0 Å². The van der Waals surface area contributed by atoms with Crippen LogP contribution in [-0.4, -0.2) is 22.4 Å². The first-order chi connectivity index (χ1) is 16.1. The number of ether oxygens (including phenoxy) is 2. The summed E-state index contributed by atoms with van der Waals surface area (Å²) < 4.78 is 17.7. The van der Waals surface area contributed by atoms with Gasteiger partial charge >= 0.3 is 0 Å². The molecule has 1 unspecified atom stereocenters. The van der Waals surface area contributed by atoms with E-state index in [1.807, 2.05) is 39.8 Å². The maximum absolute atomic E-state index is 13.8. The second-order valence-electron chi connectivity index (χ2n) is 8.90. The van der Waals surface area contributed by atoms with Gasteiger partial charge in [0, 0.05) is 24.1 Å². The van der Waals surface area contributed by atoms with Gasteiger partial charge in [-0.15, -0.1) is 0 Å². The van der Waals surface area contributed by atoms with E-state index in [9.17, 15) is 20.1 Å². The van der Waals surface area contributed by atoms with Crippen molar-refractivity contribution < 1.29 is 29.2 Å². The van der Waals surface area contributed by atoms with Gasteiger partial charge in [-0.25, -0.2) is 0 Å². The van der Waals surface area contributed by atoms with Crippen LogP contribution in [0.3, 0.4) is 0 Å². The topological polar surface area (TPSA) is 109 Å². The number of aromatic hydroxyl groups is 3. The Labute approximate surface area is 197 Å². The molecule has 178 valence electrons. The van der Waals surface area contributed by atoms with Crippen LogP contribution in [0.2, 0.25) is 0 Å². The highest BCUT2D eigenvalue weighted by atomic mass is 16.5. The third-order valence-corrected chi connectivity index (χ3v) is 5.83. The van der Waals surface area contributed by atoms with E-state index in [1.54, 1.807) is 6.07 Å². The standard InChI is InChI=1S/C27H28O7/c1-13(2)6-8-15-17(28)11-19(30)23-25(31)24-20(9-7-14(3)4)33-21-12-18(29)22(32-5)10-16(21)27(24)34-26(15)23/h6-7,10-12,20,28-30H,8-9H2,1-5H3. The minimum absolute atomic E-state index is 0.00583. The molecule has 1 aromatic heterocycles. The smallest absolute Gasteiger partial charge is 0.204 e. The average molecular weight is 465 g/mol. The molecule has 0 amide bonds. The molecular weight excluding hydrogens is 436 g/mol. The van der Waals surface area contributed by atoms with Crippen molar-refractivity contribution >= 4 is 11.0 Å². The van der Waals surface area contributed by atoms with E-state index in [0.717, 1.165) is 11.1 Å². The summed E-state index contributed by atoms with van der Waals surface area (Å²) in [6, 6.07) is 4.15. The lowest BCUT2D eigenvalue weighted by molar-refractivity contribution is 0.199. The molecule has 1 aliphatic rings. The van der Waals surface area contributed by atoms with Crippen LogP contribution in [0.5, 0.6) is 28.7 Å². The van der Waals surface area contributed by atoms with Crippen LogP contribution in [0.1, 0.15) is 51.3 Å². The van der Waals surface area contributed by atoms with E-state index in [1.165, 1.54) is 19.2 Å². The van der Waals surface area contributed by atoms with Crippen molar-refractivity contribution in [1.82, 2.24) is 0 Å². The van der Waals surface area contributed by atoms with Crippen molar-refractivity contribution in [3.8, 4) is 40.1 Å². The van der Waals surface area contributed by atoms with Gasteiger partial charge in [0.1, 0.15) is 40.1 Å². The van der Waals surface area contributed by atoms with Gasteiger partial charge in [-0.05, 0) is 40.2 Å². The zero-order valence-corrected chi connectivity index (χ0v) is 19.9. The molecule has 0 saturated heterocycles. The van der Waals surface area contributed by atoms with Crippen molar-refractivity contribution in [1.29, 1.82) is 0 Å².